The van der Waals surface area contributed by atoms with Gasteiger partial charge in [-0.1, -0.05) is 40.7 Å². The minimum atomic E-state index is -0.0709. The van der Waals surface area contributed by atoms with E-state index >= 15 is 0 Å². The Balaban J connectivity index is 1.33. The van der Waals surface area contributed by atoms with Crippen LogP contribution in [0.5, 0.6) is 11.5 Å². The lowest BCUT2D eigenvalue weighted by atomic mass is 10.2. The van der Waals surface area contributed by atoms with Crippen molar-refractivity contribution in [3.8, 4) is 22.9 Å². The zero-order valence-electron chi connectivity index (χ0n) is 16.1. The van der Waals surface area contributed by atoms with Gasteiger partial charge in [-0.05, 0) is 31.0 Å². The first-order valence-electron chi connectivity index (χ1n) is 9.73. The van der Waals surface area contributed by atoms with Crippen LogP contribution >= 0.6 is 23.4 Å². The molecule has 1 saturated carbocycles. The van der Waals surface area contributed by atoms with Crippen molar-refractivity contribution >= 4 is 34.3 Å². The number of nitrogens with zero attached hydrogens (tertiary/aromatic N) is 4. The van der Waals surface area contributed by atoms with Crippen LogP contribution in [-0.2, 0) is 5.75 Å². The molecule has 31 heavy (non-hydrogen) atoms. The van der Waals surface area contributed by atoms with Crippen molar-refractivity contribution in [2.24, 2.45) is 0 Å². The van der Waals surface area contributed by atoms with Gasteiger partial charge in [0.2, 0.25) is 18.5 Å². The van der Waals surface area contributed by atoms with Crippen molar-refractivity contribution in [2.45, 2.75) is 29.8 Å². The van der Waals surface area contributed by atoms with Crippen molar-refractivity contribution in [1.29, 1.82) is 0 Å². The van der Waals surface area contributed by atoms with Gasteiger partial charge in [-0.25, -0.2) is 4.98 Å². The van der Waals surface area contributed by atoms with Crippen molar-refractivity contribution in [3.05, 3.63) is 57.7 Å². The molecule has 10 heteroatoms. The molecule has 0 spiro atoms. The van der Waals surface area contributed by atoms with E-state index in [1.54, 1.807) is 28.8 Å². The van der Waals surface area contributed by atoms with E-state index in [0.717, 1.165) is 18.4 Å². The molecular weight excluding hydrogens is 440 g/mol. The van der Waals surface area contributed by atoms with Crippen molar-refractivity contribution in [2.75, 3.05) is 6.79 Å². The molecule has 1 aliphatic heterocycles. The predicted molar refractivity (Wildman–Crippen MR) is 115 cm³/mol. The van der Waals surface area contributed by atoms with E-state index in [4.69, 9.17) is 30.6 Å². The maximum atomic E-state index is 13.2. The average Bonchev–Trinajstić information content (AvgIpc) is 3.30. The smallest absolute Gasteiger partial charge is 0.262 e. The minimum Gasteiger partial charge on any atom is -0.454 e. The van der Waals surface area contributed by atoms with E-state index in [9.17, 15) is 4.79 Å². The maximum absolute atomic E-state index is 13.2. The van der Waals surface area contributed by atoms with Gasteiger partial charge in [0.15, 0.2) is 16.7 Å². The lowest BCUT2D eigenvalue weighted by Crippen LogP contribution is -2.22. The van der Waals surface area contributed by atoms with E-state index in [1.807, 2.05) is 12.1 Å². The third-order valence-electron chi connectivity index (χ3n) is 5.15. The Morgan fingerprint density at radius 3 is 2.77 bits per heavy atom. The third kappa shape index (κ3) is 3.43. The summed E-state index contributed by atoms with van der Waals surface area (Å²) in [6, 6.07) is 10.9. The first-order valence-corrected chi connectivity index (χ1v) is 11.1. The number of thioether (sulfide) groups is 1. The summed E-state index contributed by atoms with van der Waals surface area (Å²) >= 11 is 7.45. The SMILES string of the molecule is O=c1c2cc3c(cc2nc(SCc2nc(-c4cccc(Cl)c4)no2)n1C1CC1)OCO3. The Morgan fingerprint density at radius 1 is 1.13 bits per heavy atom. The standard InChI is InChI=1S/C21H15ClN4O4S/c22-12-3-1-2-11(6-12)19-24-18(30-25-19)9-31-21-23-15-8-17-16(28-10-29-17)7-14(15)20(27)26(21)13-4-5-13/h1-3,6-8,13H,4-5,9-10H2. The predicted octanol–water partition coefficient (Wildman–Crippen LogP) is 4.46. The molecule has 2 aromatic heterocycles. The van der Waals surface area contributed by atoms with Gasteiger partial charge in [0.05, 0.1) is 16.7 Å². The highest BCUT2D eigenvalue weighted by molar-refractivity contribution is 7.98. The molecule has 2 aromatic carbocycles. The van der Waals surface area contributed by atoms with Gasteiger partial charge < -0.3 is 14.0 Å². The van der Waals surface area contributed by atoms with Crippen LogP contribution in [0.15, 0.2) is 50.9 Å². The Labute approximate surface area is 185 Å². The number of ether oxygens (including phenoxy) is 2. The van der Waals surface area contributed by atoms with Crippen LogP contribution in [0.4, 0.5) is 0 Å². The molecule has 0 saturated heterocycles. The van der Waals surface area contributed by atoms with Crippen molar-refractivity contribution < 1.29 is 14.0 Å². The van der Waals surface area contributed by atoms with Gasteiger partial charge in [0.25, 0.3) is 5.56 Å². The van der Waals surface area contributed by atoms with E-state index in [-0.39, 0.29) is 18.4 Å². The number of rotatable bonds is 5. The van der Waals surface area contributed by atoms with E-state index in [2.05, 4.69) is 10.1 Å². The zero-order valence-corrected chi connectivity index (χ0v) is 17.7. The van der Waals surface area contributed by atoms with Gasteiger partial charge >= 0.3 is 0 Å². The Hall–Kier alpha value is -3.04. The Bertz CT molecular complexity index is 1380. The fourth-order valence-electron chi connectivity index (χ4n) is 3.51. The zero-order chi connectivity index (χ0) is 20.9. The van der Waals surface area contributed by atoms with Gasteiger partial charge in [-0.15, -0.1) is 0 Å². The molecule has 0 atom stereocenters. The third-order valence-corrected chi connectivity index (χ3v) is 6.32. The molecule has 6 rings (SSSR count). The van der Waals surface area contributed by atoms with Crippen LogP contribution < -0.4 is 15.0 Å². The molecular formula is C21H15ClN4O4S. The Kier molecular flexibility index (Phi) is 4.39. The van der Waals surface area contributed by atoms with Crippen LogP contribution in [0.25, 0.3) is 22.3 Å². The number of aromatic nitrogens is 4. The number of fused-ring (bicyclic) bond motifs is 2. The summed E-state index contributed by atoms with van der Waals surface area (Å²) in [6.45, 7) is 0.149. The molecule has 0 unspecified atom stereocenters. The molecule has 0 amide bonds. The Morgan fingerprint density at radius 2 is 1.97 bits per heavy atom. The molecule has 156 valence electrons. The van der Waals surface area contributed by atoms with Crippen LogP contribution in [-0.4, -0.2) is 26.5 Å². The summed E-state index contributed by atoms with van der Waals surface area (Å²) in [4.78, 5) is 22.4. The first-order chi connectivity index (χ1) is 15.2. The molecule has 4 aromatic rings. The molecule has 1 fully saturated rings. The number of hydrogen-bond donors (Lipinski definition) is 0. The molecule has 8 nitrogen and oxygen atoms in total. The molecule has 1 aliphatic carbocycles. The lowest BCUT2D eigenvalue weighted by molar-refractivity contribution is 0.174. The van der Waals surface area contributed by atoms with Gasteiger partial charge in [0, 0.05) is 22.7 Å². The molecule has 0 radical (unpaired) electrons. The summed E-state index contributed by atoms with van der Waals surface area (Å²) in [5, 5.41) is 5.80. The highest BCUT2D eigenvalue weighted by Gasteiger charge is 2.29. The van der Waals surface area contributed by atoms with Gasteiger partial charge in [-0.2, -0.15) is 4.98 Å². The topological polar surface area (TPSA) is 92.3 Å². The second-order valence-electron chi connectivity index (χ2n) is 7.33. The molecule has 0 bridgehead atoms. The molecule has 2 aliphatic rings. The number of hydrogen-bond acceptors (Lipinski definition) is 8. The second kappa shape index (κ2) is 7.28. The van der Waals surface area contributed by atoms with E-state index in [0.29, 0.717) is 50.0 Å². The normalized spacial score (nSPS) is 15.0. The second-order valence-corrected chi connectivity index (χ2v) is 8.71. The molecule has 0 N–H and O–H groups in total. The fraction of sp³-hybridized carbons (Fsp3) is 0.238. The van der Waals surface area contributed by atoms with Gasteiger partial charge in [-0.3, -0.25) is 9.36 Å². The minimum absolute atomic E-state index is 0.0709. The summed E-state index contributed by atoms with van der Waals surface area (Å²) in [7, 11) is 0. The monoisotopic (exact) mass is 454 g/mol. The van der Waals surface area contributed by atoms with Crippen LogP contribution in [0, 0.1) is 0 Å². The van der Waals surface area contributed by atoms with E-state index < -0.39 is 0 Å². The lowest BCUT2D eigenvalue weighted by Gasteiger charge is -2.12. The van der Waals surface area contributed by atoms with Crippen LogP contribution in [0.3, 0.4) is 0 Å². The fourth-order valence-corrected chi connectivity index (χ4v) is 4.60. The number of benzene rings is 2. The largest absolute Gasteiger partial charge is 0.454 e. The maximum Gasteiger partial charge on any atom is 0.262 e. The van der Waals surface area contributed by atoms with E-state index in [1.165, 1.54) is 11.8 Å². The highest BCUT2D eigenvalue weighted by Crippen LogP contribution is 2.39. The van der Waals surface area contributed by atoms with Crippen molar-refractivity contribution in [3.63, 3.8) is 0 Å². The highest BCUT2D eigenvalue weighted by atomic mass is 35.5. The quantitative estimate of drug-likeness (QED) is 0.322. The summed E-state index contributed by atoms with van der Waals surface area (Å²) in [5.41, 5.74) is 1.29. The van der Waals surface area contributed by atoms with Crippen LogP contribution in [0.2, 0.25) is 5.02 Å². The number of halogens is 1. The van der Waals surface area contributed by atoms with Gasteiger partial charge in [0.1, 0.15) is 0 Å². The molecule has 3 heterocycles. The summed E-state index contributed by atoms with van der Waals surface area (Å²) in [5.74, 6) is 2.48. The summed E-state index contributed by atoms with van der Waals surface area (Å²) in [6.07, 6.45) is 1.93. The average molecular weight is 455 g/mol. The summed E-state index contributed by atoms with van der Waals surface area (Å²) < 4.78 is 18.0. The van der Waals surface area contributed by atoms with Crippen LogP contribution in [0.1, 0.15) is 24.8 Å². The first kappa shape index (κ1) is 18.7. The van der Waals surface area contributed by atoms with Crippen molar-refractivity contribution in [1.82, 2.24) is 19.7 Å².